The third-order valence-electron chi connectivity index (χ3n) is 1.76. The molecule has 17 heavy (non-hydrogen) atoms. The van der Waals surface area contributed by atoms with Crippen molar-refractivity contribution < 1.29 is 18.0 Å². The van der Waals surface area contributed by atoms with Crippen molar-refractivity contribution in [3.8, 4) is 0 Å². The lowest BCUT2D eigenvalue weighted by molar-refractivity contribution is 0.00234. The summed E-state index contributed by atoms with van der Waals surface area (Å²) in [4.78, 5) is 13.4. The Morgan fingerprint density at radius 3 is 2.47 bits per heavy atom. The fraction of sp³-hybridized carbons (Fsp3) is 0. The van der Waals surface area contributed by atoms with Gasteiger partial charge in [-0.15, -0.1) is 0 Å². The van der Waals surface area contributed by atoms with Gasteiger partial charge in [0.2, 0.25) is 10.0 Å². The number of ketones is 1. The van der Waals surface area contributed by atoms with E-state index < -0.39 is 20.7 Å². The molecule has 0 saturated heterocycles. The van der Waals surface area contributed by atoms with E-state index in [0.29, 0.717) is 6.21 Å². The van der Waals surface area contributed by atoms with E-state index in [0.717, 1.165) is 12.1 Å². The Labute approximate surface area is 107 Å². The summed E-state index contributed by atoms with van der Waals surface area (Å²) in [7, 11) is -4.10. The number of nitrogens with two attached hydrogens (primary N) is 1. The maximum absolute atomic E-state index is 11.3. The number of halogens is 2. The van der Waals surface area contributed by atoms with Crippen LogP contribution in [-0.2, 0) is 10.0 Å². The first-order valence-corrected chi connectivity index (χ1v) is 6.31. The standard InChI is InChI=1S/C8H5Cl2N3O3S/c9-5-1-4(6(14)3-13-11)2-7(8(5)10)17(12,15)16/h1-3H,(H2,12,15,16). The number of Topliss-reactive ketones (excluding diaryl/α,β-unsaturated/α-hetero) is 1. The van der Waals surface area contributed by atoms with Crippen LogP contribution in [0.4, 0.5) is 0 Å². The zero-order valence-corrected chi connectivity index (χ0v) is 10.4. The number of hydrogen-bond acceptors (Lipinski definition) is 3. The lowest BCUT2D eigenvalue weighted by Gasteiger charge is -2.05. The number of rotatable bonds is 3. The van der Waals surface area contributed by atoms with Gasteiger partial charge in [0.25, 0.3) is 5.78 Å². The molecule has 90 valence electrons. The highest BCUT2D eigenvalue weighted by atomic mass is 35.5. The minimum Gasteiger partial charge on any atom is -0.361 e. The van der Waals surface area contributed by atoms with Gasteiger partial charge >= 0.3 is 6.21 Å². The van der Waals surface area contributed by atoms with Crippen LogP contribution in [-0.4, -0.2) is 25.2 Å². The Morgan fingerprint density at radius 2 is 2.00 bits per heavy atom. The summed E-state index contributed by atoms with van der Waals surface area (Å²) in [5.74, 6) is -0.740. The van der Waals surface area contributed by atoms with Crippen molar-refractivity contribution in [2.24, 2.45) is 5.14 Å². The highest BCUT2D eigenvalue weighted by Gasteiger charge is 2.20. The summed E-state index contributed by atoms with van der Waals surface area (Å²) < 4.78 is 22.4. The summed E-state index contributed by atoms with van der Waals surface area (Å²) in [6.45, 7) is 0. The first-order chi connectivity index (χ1) is 7.77. The maximum Gasteiger partial charge on any atom is 0.328 e. The van der Waals surface area contributed by atoms with Gasteiger partial charge in [-0.2, -0.15) is 4.79 Å². The van der Waals surface area contributed by atoms with Crippen molar-refractivity contribution in [3.05, 3.63) is 33.3 Å². The van der Waals surface area contributed by atoms with E-state index >= 15 is 0 Å². The van der Waals surface area contributed by atoms with E-state index in [4.69, 9.17) is 33.9 Å². The molecule has 9 heteroatoms. The highest BCUT2D eigenvalue weighted by Crippen LogP contribution is 2.30. The third kappa shape index (κ3) is 3.12. The molecular formula is C8H5Cl2N3O3S. The Kier molecular flexibility index (Phi) is 4.03. The van der Waals surface area contributed by atoms with Crippen molar-refractivity contribution in [1.82, 2.24) is 0 Å². The molecule has 2 N–H and O–H groups in total. The van der Waals surface area contributed by atoms with Gasteiger partial charge in [-0.1, -0.05) is 23.2 Å². The number of benzene rings is 1. The number of hydrogen-bond donors (Lipinski definition) is 1. The van der Waals surface area contributed by atoms with Gasteiger partial charge in [0.15, 0.2) is 0 Å². The smallest absolute Gasteiger partial charge is 0.328 e. The van der Waals surface area contributed by atoms with Gasteiger partial charge in [-0.05, 0) is 12.1 Å². The molecule has 0 bridgehead atoms. The molecule has 1 aromatic rings. The average molecular weight is 294 g/mol. The van der Waals surface area contributed by atoms with Crippen LogP contribution >= 0.6 is 23.2 Å². The van der Waals surface area contributed by atoms with E-state index in [2.05, 4.69) is 4.79 Å². The second-order valence-electron chi connectivity index (χ2n) is 2.92. The predicted octanol–water partition coefficient (Wildman–Crippen LogP) is 1.12. The van der Waals surface area contributed by atoms with Crippen LogP contribution < -0.4 is 5.14 Å². The van der Waals surface area contributed by atoms with Crippen LogP contribution in [0.2, 0.25) is 10.0 Å². The third-order valence-corrected chi connectivity index (χ3v) is 3.61. The maximum atomic E-state index is 11.3. The number of carbonyl (C=O) groups is 1. The molecule has 0 saturated carbocycles. The van der Waals surface area contributed by atoms with Crippen molar-refractivity contribution in [1.29, 1.82) is 0 Å². The second kappa shape index (κ2) is 4.95. The predicted molar refractivity (Wildman–Crippen MR) is 61.8 cm³/mol. The molecule has 0 heterocycles. The van der Waals surface area contributed by atoms with E-state index in [1.165, 1.54) is 0 Å². The van der Waals surface area contributed by atoms with Crippen LogP contribution in [0.15, 0.2) is 17.0 Å². The topological polar surface area (TPSA) is 114 Å². The van der Waals surface area contributed by atoms with Gasteiger partial charge in [-0.25, -0.2) is 13.6 Å². The van der Waals surface area contributed by atoms with Crippen LogP contribution in [0.1, 0.15) is 10.4 Å². The van der Waals surface area contributed by atoms with E-state index in [9.17, 15) is 13.2 Å². The minimum absolute atomic E-state index is 0.110. The molecule has 0 unspecified atom stereocenters. The van der Waals surface area contributed by atoms with Crippen molar-refractivity contribution >= 4 is 45.2 Å². The molecule has 0 spiro atoms. The van der Waals surface area contributed by atoms with Gasteiger partial charge in [0.05, 0.1) is 10.0 Å². The summed E-state index contributed by atoms with van der Waals surface area (Å²) in [5, 5.41) is 4.49. The largest absolute Gasteiger partial charge is 0.361 e. The molecule has 0 radical (unpaired) electrons. The fourth-order valence-corrected chi connectivity index (χ4v) is 2.40. The first-order valence-electron chi connectivity index (χ1n) is 4.01. The van der Waals surface area contributed by atoms with Gasteiger partial charge in [0, 0.05) is 5.56 Å². The summed E-state index contributed by atoms with van der Waals surface area (Å²) in [6.07, 6.45) is 0.590. The zero-order valence-electron chi connectivity index (χ0n) is 8.09. The Balaban J connectivity index is 3.55. The zero-order chi connectivity index (χ0) is 13.2. The van der Waals surface area contributed by atoms with Gasteiger partial charge < -0.3 is 5.53 Å². The normalized spacial score (nSPS) is 10.8. The summed E-state index contributed by atoms with van der Waals surface area (Å²) in [5.41, 5.74) is 8.09. The second-order valence-corrected chi connectivity index (χ2v) is 5.24. The Hall–Kier alpha value is -1.24. The van der Waals surface area contributed by atoms with Crippen LogP contribution in [0.25, 0.3) is 5.53 Å². The Bertz CT molecular complexity index is 636. The van der Waals surface area contributed by atoms with Crippen molar-refractivity contribution in [2.45, 2.75) is 4.90 Å². The molecule has 0 aliphatic heterocycles. The van der Waals surface area contributed by atoms with Crippen LogP contribution in [0.5, 0.6) is 0 Å². The molecule has 0 fully saturated rings. The molecule has 0 aromatic heterocycles. The van der Waals surface area contributed by atoms with Crippen LogP contribution in [0.3, 0.4) is 0 Å². The molecule has 6 nitrogen and oxygen atoms in total. The van der Waals surface area contributed by atoms with Gasteiger partial charge in [-0.3, -0.25) is 4.79 Å². The number of primary sulfonamides is 1. The molecule has 0 aliphatic rings. The SMILES string of the molecule is [N-]=[N+]=CC(=O)c1cc(Cl)c(Cl)c(S(N)(=O)=O)c1. The molecule has 1 aromatic carbocycles. The average Bonchev–Trinajstić information content (AvgIpc) is 2.20. The molecule has 1 rings (SSSR count). The van der Waals surface area contributed by atoms with E-state index in [1.54, 1.807) is 0 Å². The van der Waals surface area contributed by atoms with Crippen LogP contribution in [0, 0.1) is 0 Å². The first kappa shape index (κ1) is 13.8. The highest BCUT2D eigenvalue weighted by molar-refractivity contribution is 7.89. The molecule has 0 amide bonds. The lowest BCUT2D eigenvalue weighted by atomic mass is 10.1. The van der Waals surface area contributed by atoms with E-state index in [-0.39, 0.29) is 15.6 Å². The monoisotopic (exact) mass is 293 g/mol. The fourth-order valence-electron chi connectivity index (χ4n) is 1.04. The number of nitrogens with zero attached hydrogens (tertiary/aromatic N) is 2. The van der Waals surface area contributed by atoms with Gasteiger partial charge in [0.1, 0.15) is 4.90 Å². The lowest BCUT2D eigenvalue weighted by Crippen LogP contribution is -2.14. The number of carbonyl (C=O) groups excluding carboxylic acids is 1. The summed E-state index contributed by atoms with van der Waals surface area (Å²) >= 11 is 11.3. The summed E-state index contributed by atoms with van der Waals surface area (Å²) in [6, 6.07) is 2.09. The minimum atomic E-state index is -4.10. The van der Waals surface area contributed by atoms with Crippen molar-refractivity contribution in [3.63, 3.8) is 0 Å². The molecular weight excluding hydrogens is 289 g/mol. The quantitative estimate of drug-likeness (QED) is 0.390. The molecule has 0 aliphatic carbocycles. The van der Waals surface area contributed by atoms with Crippen molar-refractivity contribution in [2.75, 3.05) is 0 Å². The number of sulfonamides is 1. The van der Waals surface area contributed by atoms with E-state index in [1.807, 2.05) is 0 Å². The Morgan fingerprint density at radius 1 is 1.41 bits per heavy atom. The molecule has 0 atom stereocenters.